The zero-order valence-corrected chi connectivity index (χ0v) is 9.89. The first-order valence-electron chi connectivity index (χ1n) is 5.43. The second-order valence-corrected chi connectivity index (χ2v) is 3.91. The van der Waals surface area contributed by atoms with E-state index in [1.54, 1.807) is 19.1 Å². The number of nitrogens with one attached hydrogen (secondary N) is 1. The highest BCUT2D eigenvalue weighted by Gasteiger charge is 2.06. The number of benzene rings is 1. The molecule has 0 spiro atoms. The normalized spacial score (nSPS) is 12.3. The van der Waals surface area contributed by atoms with Crippen LogP contribution in [0.3, 0.4) is 0 Å². The Bertz CT molecular complexity index is 454. The van der Waals surface area contributed by atoms with Crippen LogP contribution in [0.4, 0.5) is 4.39 Å². The summed E-state index contributed by atoms with van der Waals surface area (Å²) < 4.78 is 12.7. The Morgan fingerprint density at radius 2 is 1.94 bits per heavy atom. The van der Waals surface area contributed by atoms with E-state index in [0.29, 0.717) is 6.42 Å². The van der Waals surface area contributed by atoms with Crippen LogP contribution < -0.4 is 5.32 Å². The summed E-state index contributed by atoms with van der Waals surface area (Å²) in [6, 6.07) is 5.83. The Balaban J connectivity index is 2.46. The number of rotatable bonds is 5. The van der Waals surface area contributed by atoms with Crippen molar-refractivity contribution in [3.63, 3.8) is 0 Å². The van der Waals surface area contributed by atoms with Crippen molar-refractivity contribution in [2.24, 2.45) is 0 Å². The van der Waals surface area contributed by atoms with Crippen LogP contribution in [-0.4, -0.2) is 23.0 Å². The zero-order chi connectivity index (χ0) is 13.5. The van der Waals surface area contributed by atoms with Crippen LogP contribution in [0, 0.1) is 5.82 Å². The van der Waals surface area contributed by atoms with Gasteiger partial charge in [0.05, 0.1) is 0 Å². The number of carboxylic acid groups (broad SMARTS) is 1. The van der Waals surface area contributed by atoms with Gasteiger partial charge < -0.3 is 10.4 Å². The molecule has 0 saturated heterocycles. The molecule has 1 aromatic carbocycles. The van der Waals surface area contributed by atoms with Crippen LogP contribution in [0.15, 0.2) is 36.4 Å². The minimum Gasteiger partial charge on any atom is -0.478 e. The van der Waals surface area contributed by atoms with Gasteiger partial charge in [0, 0.05) is 18.2 Å². The first-order valence-corrected chi connectivity index (χ1v) is 5.43. The molecule has 1 atom stereocenters. The second kappa shape index (κ2) is 6.54. The molecule has 0 aromatic heterocycles. The topological polar surface area (TPSA) is 66.4 Å². The monoisotopic (exact) mass is 251 g/mol. The summed E-state index contributed by atoms with van der Waals surface area (Å²) in [6.45, 7) is 1.79. The molecule has 4 nitrogen and oxygen atoms in total. The van der Waals surface area contributed by atoms with E-state index in [0.717, 1.165) is 17.7 Å². The zero-order valence-electron chi connectivity index (χ0n) is 9.89. The molecular weight excluding hydrogens is 237 g/mol. The maximum atomic E-state index is 12.7. The molecule has 96 valence electrons. The maximum absolute atomic E-state index is 12.7. The summed E-state index contributed by atoms with van der Waals surface area (Å²) in [4.78, 5) is 21.5. The third-order valence-electron chi connectivity index (χ3n) is 2.22. The average Bonchev–Trinajstić information content (AvgIpc) is 2.29. The number of hydrogen-bond donors (Lipinski definition) is 2. The molecule has 0 heterocycles. The highest BCUT2D eigenvalue weighted by Crippen LogP contribution is 2.05. The Labute approximate surface area is 104 Å². The Kier molecular flexibility index (Phi) is 5.05. The Morgan fingerprint density at radius 1 is 1.33 bits per heavy atom. The van der Waals surface area contributed by atoms with Gasteiger partial charge in [-0.15, -0.1) is 0 Å². The molecule has 0 fully saturated rings. The fraction of sp³-hybridized carbons (Fsp3) is 0.231. The van der Waals surface area contributed by atoms with Crippen molar-refractivity contribution in [1.82, 2.24) is 5.32 Å². The standard InChI is InChI=1S/C13H14FNO3/c1-9(15-12(16)6-7-13(17)18)8-10-2-4-11(14)5-3-10/h2-7,9H,8H2,1H3,(H,15,16)(H,17,18)/b7-6+. The Hall–Kier alpha value is -2.17. The smallest absolute Gasteiger partial charge is 0.328 e. The van der Waals surface area contributed by atoms with E-state index < -0.39 is 11.9 Å². The molecule has 1 amide bonds. The minimum absolute atomic E-state index is 0.165. The first-order chi connectivity index (χ1) is 8.47. The predicted molar refractivity (Wildman–Crippen MR) is 64.5 cm³/mol. The second-order valence-electron chi connectivity index (χ2n) is 3.91. The molecule has 0 radical (unpaired) electrons. The van der Waals surface area contributed by atoms with Crippen LogP contribution in [0.5, 0.6) is 0 Å². The summed E-state index contributed by atoms with van der Waals surface area (Å²) in [7, 11) is 0. The van der Waals surface area contributed by atoms with E-state index in [4.69, 9.17) is 5.11 Å². The SMILES string of the molecule is CC(Cc1ccc(F)cc1)NC(=O)/C=C/C(=O)O. The van der Waals surface area contributed by atoms with Gasteiger partial charge >= 0.3 is 5.97 Å². The lowest BCUT2D eigenvalue weighted by Gasteiger charge is -2.12. The van der Waals surface area contributed by atoms with Crippen LogP contribution in [0.2, 0.25) is 0 Å². The number of carbonyl (C=O) groups excluding carboxylic acids is 1. The van der Waals surface area contributed by atoms with Gasteiger partial charge in [0.1, 0.15) is 5.82 Å². The predicted octanol–water partition coefficient (Wildman–Crippen LogP) is 1.51. The van der Waals surface area contributed by atoms with E-state index in [-0.39, 0.29) is 11.9 Å². The van der Waals surface area contributed by atoms with Crippen LogP contribution in [-0.2, 0) is 16.0 Å². The molecule has 0 aliphatic carbocycles. The summed E-state index contributed by atoms with van der Waals surface area (Å²) in [5.74, 6) is -1.94. The molecule has 1 unspecified atom stereocenters. The maximum Gasteiger partial charge on any atom is 0.328 e. The summed E-state index contributed by atoms with van der Waals surface area (Å²) in [5.41, 5.74) is 0.895. The number of hydrogen-bond acceptors (Lipinski definition) is 2. The highest BCUT2D eigenvalue weighted by atomic mass is 19.1. The van der Waals surface area contributed by atoms with Gasteiger partial charge in [-0.05, 0) is 31.0 Å². The largest absolute Gasteiger partial charge is 0.478 e. The van der Waals surface area contributed by atoms with Gasteiger partial charge in [-0.25, -0.2) is 9.18 Å². The lowest BCUT2D eigenvalue weighted by Crippen LogP contribution is -2.32. The van der Waals surface area contributed by atoms with Gasteiger partial charge in [-0.2, -0.15) is 0 Å². The van der Waals surface area contributed by atoms with Crippen molar-refractivity contribution in [2.75, 3.05) is 0 Å². The van der Waals surface area contributed by atoms with E-state index in [1.165, 1.54) is 12.1 Å². The number of aliphatic carboxylic acids is 1. The highest BCUT2D eigenvalue weighted by molar-refractivity contribution is 5.93. The molecule has 1 aromatic rings. The summed E-state index contributed by atoms with van der Waals surface area (Å²) >= 11 is 0. The Morgan fingerprint density at radius 3 is 2.50 bits per heavy atom. The van der Waals surface area contributed by atoms with Gasteiger partial charge in [0.15, 0.2) is 0 Å². The van der Waals surface area contributed by atoms with Gasteiger partial charge in [0.25, 0.3) is 0 Å². The third kappa shape index (κ3) is 5.25. The molecule has 1 rings (SSSR count). The van der Waals surface area contributed by atoms with Crippen molar-refractivity contribution in [3.05, 3.63) is 47.8 Å². The molecule has 5 heteroatoms. The summed E-state index contributed by atoms with van der Waals surface area (Å²) in [5, 5.41) is 11.0. The number of amides is 1. The minimum atomic E-state index is -1.17. The molecule has 0 aliphatic heterocycles. The number of carboxylic acids is 1. The summed E-state index contributed by atoms with van der Waals surface area (Å²) in [6.07, 6.45) is 2.29. The van der Waals surface area contributed by atoms with Crippen molar-refractivity contribution in [2.45, 2.75) is 19.4 Å². The molecule has 18 heavy (non-hydrogen) atoms. The van der Waals surface area contributed by atoms with Crippen molar-refractivity contribution < 1.29 is 19.1 Å². The van der Waals surface area contributed by atoms with E-state index in [2.05, 4.69) is 5.32 Å². The number of carbonyl (C=O) groups is 2. The van der Waals surface area contributed by atoms with E-state index in [9.17, 15) is 14.0 Å². The van der Waals surface area contributed by atoms with Gasteiger partial charge in [0.2, 0.25) is 5.91 Å². The van der Waals surface area contributed by atoms with E-state index >= 15 is 0 Å². The molecular formula is C13H14FNO3. The van der Waals surface area contributed by atoms with Crippen molar-refractivity contribution in [3.8, 4) is 0 Å². The molecule has 0 bridgehead atoms. The lowest BCUT2D eigenvalue weighted by molar-refractivity contribution is -0.131. The van der Waals surface area contributed by atoms with Gasteiger partial charge in [-0.1, -0.05) is 12.1 Å². The third-order valence-corrected chi connectivity index (χ3v) is 2.22. The molecule has 2 N–H and O–H groups in total. The van der Waals surface area contributed by atoms with Crippen LogP contribution in [0.25, 0.3) is 0 Å². The van der Waals surface area contributed by atoms with Gasteiger partial charge in [-0.3, -0.25) is 4.79 Å². The average molecular weight is 251 g/mol. The fourth-order valence-corrected chi connectivity index (χ4v) is 1.46. The first kappa shape index (κ1) is 13.9. The fourth-order valence-electron chi connectivity index (χ4n) is 1.46. The van der Waals surface area contributed by atoms with Crippen LogP contribution in [0.1, 0.15) is 12.5 Å². The van der Waals surface area contributed by atoms with Crippen molar-refractivity contribution >= 4 is 11.9 Å². The van der Waals surface area contributed by atoms with E-state index in [1.807, 2.05) is 0 Å². The van der Waals surface area contributed by atoms with Crippen LogP contribution >= 0.6 is 0 Å². The quantitative estimate of drug-likeness (QED) is 0.780. The molecule has 0 saturated carbocycles. The molecule has 0 aliphatic rings. The van der Waals surface area contributed by atoms with Crippen molar-refractivity contribution in [1.29, 1.82) is 0 Å². The number of halogens is 1. The lowest BCUT2D eigenvalue weighted by atomic mass is 10.1.